The highest BCUT2D eigenvalue weighted by Crippen LogP contribution is 2.37. The molecule has 2 N–H and O–H groups in total. The number of nitrogens with one attached hydrogen (secondary N) is 2. The fourth-order valence-electron chi connectivity index (χ4n) is 4.27. The lowest BCUT2D eigenvalue weighted by Crippen LogP contribution is -2.39. The fraction of sp³-hybridized carbons (Fsp3) is 0.182. The van der Waals surface area contributed by atoms with Crippen molar-refractivity contribution in [2.75, 3.05) is 51.2 Å². The second kappa shape index (κ2) is 16.1. The van der Waals surface area contributed by atoms with Crippen LogP contribution in [0.4, 0.5) is 15.8 Å². The highest BCUT2D eigenvalue weighted by atomic mass is 32.2. The van der Waals surface area contributed by atoms with Crippen molar-refractivity contribution in [2.24, 2.45) is 5.10 Å². The van der Waals surface area contributed by atoms with Gasteiger partial charge in [0.15, 0.2) is 18.1 Å². The van der Waals surface area contributed by atoms with Gasteiger partial charge < -0.3 is 29.0 Å². The van der Waals surface area contributed by atoms with Gasteiger partial charge in [-0.25, -0.2) is 18.2 Å². The minimum atomic E-state index is -4.39. The Labute approximate surface area is 276 Å². The maximum Gasteiger partial charge on any atom is 0.265 e. The Morgan fingerprint density at radius 2 is 1.42 bits per heavy atom. The van der Waals surface area contributed by atoms with Crippen molar-refractivity contribution in [1.29, 1.82) is 0 Å². The molecule has 0 saturated carbocycles. The number of sulfonamides is 1. The van der Waals surface area contributed by atoms with E-state index in [0.29, 0.717) is 28.5 Å². The van der Waals surface area contributed by atoms with Crippen LogP contribution in [-0.2, 0) is 19.6 Å². The number of hydrazone groups is 1. The van der Waals surface area contributed by atoms with E-state index in [1.165, 1.54) is 89.3 Å². The van der Waals surface area contributed by atoms with Gasteiger partial charge in [-0.05, 0) is 78.4 Å². The van der Waals surface area contributed by atoms with E-state index in [2.05, 4.69) is 15.8 Å². The average Bonchev–Trinajstić information content (AvgIpc) is 3.10. The van der Waals surface area contributed by atoms with Gasteiger partial charge in [-0.15, -0.1) is 0 Å². The first-order chi connectivity index (χ1) is 23.1. The molecule has 15 heteroatoms. The quantitative estimate of drug-likeness (QED) is 0.139. The number of methoxy groups -OCH3 is 4. The number of nitrogens with zero attached hydrogens (tertiary/aromatic N) is 2. The maximum atomic E-state index is 14.0. The van der Waals surface area contributed by atoms with Crippen molar-refractivity contribution >= 4 is 39.4 Å². The van der Waals surface area contributed by atoms with Crippen LogP contribution in [-0.4, -0.2) is 68.0 Å². The van der Waals surface area contributed by atoms with Crippen LogP contribution in [0.2, 0.25) is 0 Å². The summed E-state index contributed by atoms with van der Waals surface area (Å²) in [5.74, 6) is -0.202. The van der Waals surface area contributed by atoms with E-state index in [1.54, 1.807) is 30.3 Å². The number of amides is 2. The molecule has 0 aliphatic rings. The molecule has 0 aromatic heterocycles. The Balaban J connectivity index is 1.46. The lowest BCUT2D eigenvalue weighted by Gasteiger charge is -2.26. The van der Waals surface area contributed by atoms with Gasteiger partial charge in [-0.2, -0.15) is 5.10 Å². The zero-order valence-electron chi connectivity index (χ0n) is 26.4. The van der Waals surface area contributed by atoms with Crippen LogP contribution in [0.5, 0.6) is 28.7 Å². The van der Waals surface area contributed by atoms with Gasteiger partial charge in [0.1, 0.15) is 29.6 Å². The van der Waals surface area contributed by atoms with Gasteiger partial charge in [0.25, 0.3) is 21.8 Å². The molecule has 4 rings (SSSR count). The first-order valence-electron chi connectivity index (χ1n) is 14.1. The second-order valence-corrected chi connectivity index (χ2v) is 11.6. The van der Waals surface area contributed by atoms with Gasteiger partial charge in [0.2, 0.25) is 0 Å². The normalized spacial score (nSPS) is 11.0. The molecule has 0 aliphatic heterocycles. The number of hydrogen-bond acceptors (Lipinski definition) is 10. The number of halogens is 1. The zero-order valence-corrected chi connectivity index (χ0v) is 27.2. The van der Waals surface area contributed by atoms with Crippen LogP contribution in [0.25, 0.3) is 0 Å². The van der Waals surface area contributed by atoms with Crippen molar-refractivity contribution in [2.45, 2.75) is 4.90 Å². The molecular weight excluding hydrogens is 647 g/mol. The van der Waals surface area contributed by atoms with Crippen molar-refractivity contribution in [3.63, 3.8) is 0 Å². The molecule has 0 spiro atoms. The maximum absolute atomic E-state index is 14.0. The summed E-state index contributed by atoms with van der Waals surface area (Å²) in [7, 11) is 1.21. The molecule has 0 atom stereocenters. The summed E-state index contributed by atoms with van der Waals surface area (Å²) < 4.78 is 68.6. The third-order valence-electron chi connectivity index (χ3n) is 6.67. The van der Waals surface area contributed by atoms with Crippen molar-refractivity contribution in [3.05, 3.63) is 96.3 Å². The van der Waals surface area contributed by atoms with Crippen LogP contribution in [0.1, 0.15) is 5.56 Å². The van der Waals surface area contributed by atoms with Crippen LogP contribution in [0.3, 0.4) is 0 Å². The molecule has 0 saturated heterocycles. The number of ether oxygens (including phenoxy) is 5. The lowest BCUT2D eigenvalue weighted by atomic mass is 10.2. The number of anilines is 2. The number of carbonyl (C=O) groups excluding carboxylic acids is 2. The minimum absolute atomic E-state index is 0.0488. The Morgan fingerprint density at radius 1 is 0.771 bits per heavy atom. The summed E-state index contributed by atoms with van der Waals surface area (Å²) in [6.07, 6.45) is 1.35. The minimum Gasteiger partial charge on any atom is -0.497 e. The molecule has 4 aromatic carbocycles. The van der Waals surface area contributed by atoms with Gasteiger partial charge in [-0.1, -0.05) is 0 Å². The highest BCUT2D eigenvalue weighted by Gasteiger charge is 2.31. The van der Waals surface area contributed by atoms with Gasteiger partial charge in [0, 0.05) is 17.8 Å². The fourth-order valence-corrected chi connectivity index (χ4v) is 5.71. The Hall–Kier alpha value is -5.83. The van der Waals surface area contributed by atoms with Crippen molar-refractivity contribution in [1.82, 2.24) is 5.43 Å². The smallest absolute Gasteiger partial charge is 0.265 e. The molecular formula is C33H33FN4O9S. The summed E-state index contributed by atoms with van der Waals surface area (Å²) in [6.45, 7) is -0.952. The highest BCUT2D eigenvalue weighted by molar-refractivity contribution is 7.92. The van der Waals surface area contributed by atoms with E-state index >= 15 is 0 Å². The largest absolute Gasteiger partial charge is 0.497 e. The van der Waals surface area contributed by atoms with E-state index < -0.39 is 34.2 Å². The summed E-state index contributed by atoms with van der Waals surface area (Å²) in [6, 6.07) is 20.4. The van der Waals surface area contributed by atoms with E-state index in [0.717, 1.165) is 4.31 Å². The third-order valence-corrected chi connectivity index (χ3v) is 8.42. The molecule has 0 bridgehead atoms. The third kappa shape index (κ3) is 8.91. The molecule has 0 radical (unpaired) electrons. The first-order valence-corrected chi connectivity index (χ1v) is 15.6. The predicted molar refractivity (Wildman–Crippen MR) is 176 cm³/mol. The monoisotopic (exact) mass is 680 g/mol. The molecule has 13 nitrogen and oxygen atoms in total. The van der Waals surface area contributed by atoms with Crippen LogP contribution in [0.15, 0.2) is 94.9 Å². The van der Waals surface area contributed by atoms with Crippen LogP contribution >= 0.6 is 0 Å². The molecule has 0 heterocycles. The van der Waals surface area contributed by atoms with E-state index in [9.17, 15) is 22.4 Å². The molecule has 2 amide bonds. The summed E-state index contributed by atoms with van der Waals surface area (Å²) >= 11 is 0. The second-order valence-electron chi connectivity index (χ2n) is 9.77. The van der Waals surface area contributed by atoms with Crippen LogP contribution < -0.4 is 38.7 Å². The van der Waals surface area contributed by atoms with E-state index in [-0.39, 0.29) is 28.7 Å². The molecule has 0 fully saturated rings. The topological polar surface area (TPSA) is 154 Å². The van der Waals surface area contributed by atoms with Crippen molar-refractivity contribution in [3.8, 4) is 28.7 Å². The zero-order chi connectivity index (χ0) is 34.7. The van der Waals surface area contributed by atoms with E-state index in [4.69, 9.17) is 23.7 Å². The molecule has 252 valence electrons. The Morgan fingerprint density at radius 3 is 2.06 bits per heavy atom. The van der Waals surface area contributed by atoms with E-state index in [1.807, 2.05) is 0 Å². The SMILES string of the molecule is COc1ccc(OC)c(N(CC(=O)N/N=C\c2ccc(OCC(=O)Nc3ccc(F)cc3)cc2)S(=O)(=O)c2ccc(OC)c(OC)c2)c1. The van der Waals surface area contributed by atoms with Gasteiger partial charge in [-0.3, -0.25) is 13.9 Å². The summed E-state index contributed by atoms with van der Waals surface area (Å²) in [4.78, 5) is 25.0. The molecule has 48 heavy (non-hydrogen) atoms. The Kier molecular flexibility index (Phi) is 11.8. The Bertz CT molecular complexity index is 1870. The van der Waals surface area contributed by atoms with Crippen LogP contribution in [0, 0.1) is 5.82 Å². The average molecular weight is 681 g/mol. The van der Waals surface area contributed by atoms with Gasteiger partial charge in [0.05, 0.1) is 45.2 Å². The summed E-state index contributed by atoms with van der Waals surface area (Å²) in [5, 5.41) is 6.55. The number of rotatable bonds is 15. The standard InChI is InChI=1S/C33H33FN4O9S/c1-43-26-13-15-29(44-2)28(17-26)38(48(41,42)27-14-16-30(45-3)31(18-27)46-4)20-32(39)37-35-19-22-5-11-25(12-6-22)47-21-33(40)36-24-9-7-23(34)8-10-24/h5-19H,20-21H2,1-4H3,(H,36,40)(H,37,39)/b35-19-. The lowest BCUT2D eigenvalue weighted by molar-refractivity contribution is -0.119. The number of hydrogen-bond donors (Lipinski definition) is 2. The van der Waals surface area contributed by atoms with Crippen molar-refractivity contribution < 1.29 is 46.1 Å². The predicted octanol–water partition coefficient (Wildman–Crippen LogP) is 4.22. The molecule has 0 aliphatic carbocycles. The van der Waals surface area contributed by atoms with Gasteiger partial charge >= 0.3 is 0 Å². The summed E-state index contributed by atoms with van der Waals surface area (Å²) in [5.41, 5.74) is 3.40. The number of benzene rings is 4. The molecule has 0 unspecified atom stereocenters. The first kappa shape index (κ1) is 35.0. The molecule has 4 aromatic rings. The number of carbonyl (C=O) groups is 2.